The fourth-order valence-electron chi connectivity index (χ4n) is 4.26. The fourth-order valence-corrected chi connectivity index (χ4v) is 4.26. The molecule has 1 N–H and O–H groups in total. The first-order valence-electron chi connectivity index (χ1n) is 8.51. The van der Waals surface area contributed by atoms with Gasteiger partial charge in [-0.2, -0.15) is 5.26 Å². The topological polar surface area (TPSA) is 39.1 Å². The summed E-state index contributed by atoms with van der Waals surface area (Å²) in [5.41, 5.74) is -0.232. The second-order valence-electron chi connectivity index (χ2n) is 7.07. The molecule has 1 aliphatic carbocycles. The van der Waals surface area contributed by atoms with E-state index in [2.05, 4.69) is 37.1 Å². The van der Waals surface area contributed by atoms with Crippen LogP contribution in [-0.2, 0) is 0 Å². The van der Waals surface area contributed by atoms with Crippen LogP contribution >= 0.6 is 0 Å². The number of nitriles is 1. The summed E-state index contributed by atoms with van der Waals surface area (Å²) in [7, 11) is 0. The van der Waals surface area contributed by atoms with Crippen LogP contribution in [0.25, 0.3) is 0 Å². The van der Waals surface area contributed by atoms with Gasteiger partial charge in [-0.1, -0.05) is 20.3 Å². The highest BCUT2D eigenvalue weighted by Gasteiger charge is 2.42. The number of hydrogen-bond donors (Lipinski definition) is 1. The lowest BCUT2D eigenvalue weighted by molar-refractivity contribution is 0.216. The van der Waals surface area contributed by atoms with E-state index in [9.17, 15) is 5.26 Å². The molecule has 1 saturated heterocycles. The molecule has 2 rings (SSSR count). The molecule has 2 fully saturated rings. The van der Waals surface area contributed by atoms with Gasteiger partial charge in [-0.25, -0.2) is 0 Å². The van der Waals surface area contributed by atoms with Gasteiger partial charge in [0.2, 0.25) is 0 Å². The zero-order valence-corrected chi connectivity index (χ0v) is 13.5. The Kier molecular flexibility index (Phi) is 5.46. The number of rotatable bonds is 6. The van der Waals surface area contributed by atoms with Crippen molar-refractivity contribution in [1.29, 1.82) is 5.26 Å². The van der Waals surface area contributed by atoms with Crippen LogP contribution in [0.1, 0.15) is 59.3 Å². The maximum Gasteiger partial charge on any atom is 0.109 e. The molecule has 3 nitrogen and oxygen atoms in total. The van der Waals surface area contributed by atoms with Crippen LogP contribution in [0.4, 0.5) is 0 Å². The predicted octanol–water partition coefficient (Wildman–Crippen LogP) is 3.17. The molecule has 20 heavy (non-hydrogen) atoms. The molecule has 0 aromatic rings. The van der Waals surface area contributed by atoms with Gasteiger partial charge >= 0.3 is 0 Å². The average Bonchev–Trinajstić information content (AvgIpc) is 2.98. The van der Waals surface area contributed by atoms with Crippen molar-refractivity contribution in [3.63, 3.8) is 0 Å². The summed E-state index contributed by atoms with van der Waals surface area (Å²) in [6, 6.07) is 3.36. The van der Waals surface area contributed by atoms with Crippen molar-refractivity contribution in [2.24, 2.45) is 11.8 Å². The van der Waals surface area contributed by atoms with Crippen molar-refractivity contribution in [2.45, 2.75) is 70.9 Å². The van der Waals surface area contributed by atoms with Crippen LogP contribution in [0.15, 0.2) is 0 Å². The van der Waals surface area contributed by atoms with Gasteiger partial charge in [-0.05, 0) is 64.0 Å². The number of nitrogens with zero attached hydrogens (tertiary/aromatic N) is 2. The van der Waals surface area contributed by atoms with Crippen LogP contribution in [-0.4, -0.2) is 36.1 Å². The molecule has 1 aliphatic heterocycles. The van der Waals surface area contributed by atoms with Crippen molar-refractivity contribution in [1.82, 2.24) is 10.2 Å². The van der Waals surface area contributed by atoms with Gasteiger partial charge in [0, 0.05) is 12.6 Å². The smallest absolute Gasteiger partial charge is 0.109 e. The molecular formula is C17H31N3. The molecule has 4 unspecified atom stereocenters. The molecule has 0 radical (unpaired) electrons. The Hall–Kier alpha value is -0.590. The lowest BCUT2D eigenvalue weighted by Gasteiger charge is -2.32. The maximum atomic E-state index is 9.67. The van der Waals surface area contributed by atoms with Gasteiger partial charge in [-0.15, -0.1) is 0 Å². The number of hydrogen-bond acceptors (Lipinski definition) is 3. The summed E-state index contributed by atoms with van der Waals surface area (Å²) in [5.74, 6) is 1.38. The second-order valence-corrected chi connectivity index (χ2v) is 7.07. The minimum absolute atomic E-state index is 0.232. The van der Waals surface area contributed by atoms with Crippen molar-refractivity contribution < 1.29 is 0 Å². The molecule has 0 amide bonds. The normalized spacial score (nSPS) is 38.2. The lowest BCUT2D eigenvalue weighted by Crippen LogP contribution is -2.48. The monoisotopic (exact) mass is 277 g/mol. The van der Waals surface area contributed by atoms with Gasteiger partial charge in [-0.3, -0.25) is 5.32 Å². The third-order valence-electron chi connectivity index (χ3n) is 5.39. The Balaban J connectivity index is 1.89. The molecular weight excluding hydrogens is 246 g/mol. The SMILES string of the molecule is CCCNC1(C#N)CCCC1CCN1CC(C)CC1C. The summed E-state index contributed by atoms with van der Waals surface area (Å²) in [6.45, 7) is 10.3. The number of likely N-dealkylation sites (tertiary alicyclic amines) is 1. The molecule has 0 aromatic carbocycles. The lowest BCUT2D eigenvalue weighted by atomic mass is 9.85. The average molecular weight is 277 g/mol. The standard InChI is InChI=1S/C17H31N3/c1-4-9-19-17(13-18)8-5-6-16(17)7-10-20-12-14(2)11-15(20)3/h14-16,19H,4-12H2,1-3H3. The molecule has 0 aromatic heterocycles. The molecule has 3 heteroatoms. The summed E-state index contributed by atoms with van der Waals surface area (Å²) >= 11 is 0. The first-order valence-corrected chi connectivity index (χ1v) is 8.51. The van der Waals surface area contributed by atoms with E-state index in [0.29, 0.717) is 5.92 Å². The summed E-state index contributed by atoms with van der Waals surface area (Å²) in [5, 5.41) is 13.2. The molecule has 4 atom stereocenters. The number of nitrogens with one attached hydrogen (secondary N) is 1. The zero-order chi connectivity index (χ0) is 14.6. The van der Waals surface area contributed by atoms with E-state index in [-0.39, 0.29) is 5.54 Å². The van der Waals surface area contributed by atoms with Crippen LogP contribution in [0.5, 0.6) is 0 Å². The first-order chi connectivity index (χ1) is 9.61. The van der Waals surface area contributed by atoms with Gasteiger partial charge in [0.15, 0.2) is 0 Å². The molecule has 1 heterocycles. The minimum atomic E-state index is -0.232. The highest BCUT2D eigenvalue weighted by molar-refractivity contribution is 5.14. The van der Waals surface area contributed by atoms with Crippen molar-refractivity contribution in [3.05, 3.63) is 0 Å². The van der Waals surface area contributed by atoms with E-state index < -0.39 is 0 Å². The van der Waals surface area contributed by atoms with E-state index in [1.807, 2.05) is 0 Å². The van der Waals surface area contributed by atoms with Gasteiger partial charge in [0.05, 0.1) is 6.07 Å². The molecule has 0 spiro atoms. The van der Waals surface area contributed by atoms with E-state index in [4.69, 9.17) is 0 Å². The van der Waals surface area contributed by atoms with E-state index >= 15 is 0 Å². The first kappa shape index (κ1) is 15.8. The van der Waals surface area contributed by atoms with Crippen LogP contribution < -0.4 is 5.32 Å². The molecule has 1 saturated carbocycles. The van der Waals surface area contributed by atoms with E-state index in [1.54, 1.807) is 0 Å². The van der Waals surface area contributed by atoms with E-state index in [0.717, 1.165) is 31.3 Å². The van der Waals surface area contributed by atoms with Crippen molar-refractivity contribution >= 4 is 0 Å². The molecule has 2 aliphatic rings. The third kappa shape index (κ3) is 3.35. The minimum Gasteiger partial charge on any atom is -0.300 e. The van der Waals surface area contributed by atoms with Gasteiger partial charge in [0.25, 0.3) is 0 Å². The Morgan fingerprint density at radius 2 is 2.20 bits per heavy atom. The zero-order valence-electron chi connectivity index (χ0n) is 13.5. The maximum absolute atomic E-state index is 9.67. The second kappa shape index (κ2) is 6.91. The van der Waals surface area contributed by atoms with Crippen LogP contribution in [0.2, 0.25) is 0 Å². The Labute approximate surface area is 124 Å². The van der Waals surface area contributed by atoms with Gasteiger partial charge < -0.3 is 4.90 Å². The Bertz CT molecular complexity index is 349. The van der Waals surface area contributed by atoms with Crippen molar-refractivity contribution in [3.8, 4) is 6.07 Å². The van der Waals surface area contributed by atoms with Crippen molar-refractivity contribution in [2.75, 3.05) is 19.6 Å². The van der Waals surface area contributed by atoms with Crippen LogP contribution in [0.3, 0.4) is 0 Å². The Morgan fingerprint density at radius 3 is 2.80 bits per heavy atom. The van der Waals surface area contributed by atoms with Gasteiger partial charge in [0.1, 0.15) is 5.54 Å². The quantitative estimate of drug-likeness (QED) is 0.810. The molecule has 114 valence electrons. The summed E-state index contributed by atoms with van der Waals surface area (Å²) in [6.07, 6.45) is 7.10. The highest BCUT2D eigenvalue weighted by Crippen LogP contribution is 2.38. The summed E-state index contributed by atoms with van der Waals surface area (Å²) in [4.78, 5) is 2.63. The summed E-state index contributed by atoms with van der Waals surface area (Å²) < 4.78 is 0. The fraction of sp³-hybridized carbons (Fsp3) is 0.941. The van der Waals surface area contributed by atoms with Crippen LogP contribution in [0, 0.1) is 23.2 Å². The highest BCUT2D eigenvalue weighted by atomic mass is 15.2. The Morgan fingerprint density at radius 1 is 1.40 bits per heavy atom. The van der Waals surface area contributed by atoms with E-state index in [1.165, 1.54) is 38.8 Å². The molecule has 0 bridgehead atoms. The largest absolute Gasteiger partial charge is 0.300 e. The predicted molar refractivity (Wildman–Crippen MR) is 83.4 cm³/mol. The third-order valence-corrected chi connectivity index (χ3v) is 5.39.